The van der Waals surface area contributed by atoms with Crippen LogP contribution in [0.4, 0.5) is 10.5 Å². The van der Waals surface area contributed by atoms with Crippen molar-refractivity contribution in [3.63, 3.8) is 0 Å². The van der Waals surface area contributed by atoms with E-state index < -0.39 is 0 Å². The van der Waals surface area contributed by atoms with Crippen LogP contribution in [0.2, 0.25) is 5.02 Å². The second-order valence-corrected chi connectivity index (χ2v) is 6.58. The molecule has 0 unspecified atom stereocenters. The number of fused-ring (bicyclic) bond motifs is 1. The number of aryl methyl sites for hydroxylation is 3. The van der Waals surface area contributed by atoms with Gasteiger partial charge in [-0.1, -0.05) is 23.7 Å². The highest BCUT2D eigenvalue weighted by atomic mass is 35.5. The van der Waals surface area contributed by atoms with E-state index in [-0.39, 0.29) is 6.03 Å². The number of aromatic nitrogens is 2. The molecule has 0 saturated carbocycles. The van der Waals surface area contributed by atoms with E-state index in [0.29, 0.717) is 41.0 Å². The Balaban J connectivity index is 1.71. The number of halogens is 1. The molecule has 138 valence electrons. The Hall–Kier alpha value is -2.54. The summed E-state index contributed by atoms with van der Waals surface area (Å²) in [5.74, 6) is 1.99. The highest BCUT2D eigenvalue weighted by Crippen LogP contribution is 2.34. The fourth-order valence-corrected chi connectivity index (χ4v) is 3.02. The number of anilines is 1. The molecule has 0 spiro atoms. The number of urea groups is 1. The minimum atomic E-state index is -0.238. The first kappa shape index (κ1) is 18.3. The number of amides is 2. The maximum absolute atomic E-state index is 12.4. The molecule has 0 aliphatic heterocycles. The van der Waals surface area contributed by atoms with Gasteiger partial charge in [0, 0.05) is 44.4 Å². The van der Waals surface area contributed by atoms with Gasteiger partial charge >= 0.3 is 6.03 Å². The van der Waals surface area contributed by atoms with E-state index in [1.165, 1.54) is 0 Å². The average molecular weight is 377 g/mol. The van der Waals surface area contributed by atoms with Gasteiger partial charge in [-0.05, 0) is 24.6 Å². The predicted octanol–water partition coefficient (Wildman–Crippen LogP) is 4.35. The fraction of sp³-hybridized carbons (Fsp3) is 0.389. The molecular formula is C18H21ClN4O3. The summed E-state index contributed by atoms with van der Waals surface area (Å²) in [5.41, 5.74) is 2.32. The van der Waals surface area contributed by atoms with E-state index in [1.54, 1.807) is 24.9 Å². The van der Waals surface area contributed by atoms with Crippen LogP contribution in [-0.4, -0.2) is 34.7 Å². The molecule has 0 aliphatic rings. The lowest BCUT2D eigenvalue weighted by Gasteiger charge is -2.17. The van der Waals surface area contributed by atoms with Gasteiger partial charge in [-0.2, -0.15) is 4.98 Å². The lowest BCUT2D eigenvalue weighted by molar-refractivity contribution is 0.222. The summed E-state index contributed by atoms with van der Waals surface area (Å²) in [4.78, 5) is 18.1. The number of rotatable bonds is 5. The van der Waals surface area contributed by atoms with Crippen molar-refractivity contribution in [3.05, 3.63) is 40.2 Å². The van der Waals surface area contributed by atoms with Crippen LogP contribution in [-0.2, 0) is 12.8 Å². The summed E-state index contributed by atoms with van der Waals surface area (Å²) in [7, 11) is 1.71. The summed E-state index contributed by atoms with van der Waals surface area (Å²) in [5, 5.41) is 8.08. The molecule has 1 aromatic carbocycles. The quantitative estimate of drug-likeness (QED) is 0.715. The molecule has 0 aliphatic carbocycles. The Bertz CT molecular complexity index is 947. The minimum absolute atomic E-state index is 0.238. The zero-order chi connectivity index (χ0) is 18.8. The van der Waals surface area contributed by atoms with Crippen molar-refractivity contribution in [1.29, 1.82) is 0 Å². The standard InChI is InChI=1S/C18H21ClN4O3/c1-5-15-10(2)13-8-12(9-14(19)17(13)25-15)21-18(24)23(4)7-6-16-20-11(3)26-22-16/h8-9H,5-7H2,1-4H3,(H,21,24). The number of hydrogen-bond donors (Lipinski definition) is 1. The van der Waals surface area contributed by atoms with Gasteiger partial charge in [-0.3, -0.25) is 0 Å². The predicted molar refractivity (Wildman–Crippen MR) is 99.7 cm³/mol. The number of hydrogen-bond acceptors (Lipinski definition) is 5. The van der Waals surface area contributed by atoms with Crippen LogP contribution < -0.4 is 5.32 Å². The molecule has 0 fully saturated rings. The Kier molecular flexibility index (Phi) is 5.18. The molecule has 3 rings (SSSR count). The van der Waals surface area contributed by atoms with Gasteiger partial charge in [0.05, 0.1) is 5.02 Å². The summed E-state index contributed by atoms with van der Waals surface area (Å²) in [6.45, 7) is 6.22. The molecule has 0 saturated heterocycles. The summed E-state index contributed by atoms with van der Waals surface area (Å²) >= 11 is 6.33. The van der Waals surface area contributed by atoms with Crippen LogP contribution in [0.15, 0.2) is 21.1 Å². The first-order valence-corrected chi connectivity index (χ1v) is 8.79. The molecule has 8 heteroatoms. The van der Waals surface area contributed by atoms with Gasteiger partial charge in [0.25, 0.3) is 0 Å². The second kappa shape index (κ2) is 7.37. The third-order valence-corrected chi connectivity index (χ3v) is 4.53. The van der Waals surface area contributed by atoms with Crippen molar-refractivity contribution in [1.82, 2.24) is 15.0 Å². The van der Waals surface area contributed by atoms with Crippen molar-refractivity contribution >= 4 is 34.3 Å². The monoisotopic (exact) mass is 376 g/mol. The third kappa shape index (κ3) is 3.67. The Morgan fingerprint density at radius 1 is 1.35 bits per heavy atom. The van der Waals surface area contributed by atoms with Gasteiger partial charge in [-0.25, -0.2) is 4.79 Å². The summed E-state index contributed by atoms with van der Waals surface area (Å²) in [6.07, 6.45) is 1.30. The van der Waals surface area contributed by atoms with Crippen LogP contribution in [0.25, 0.3) is 11.0 Å². The molecule has 2 aromatic heterocycles. The summed E-state index contributed by atoms with van der Waals surface area (Å²) < 4.78 is 10.7. The Morgan fingerprint density at radius 3 is 2.77 bits per heavy atom. The van der Waals surface area contributed by atoms with Crippen molar-refractivity contribution in [2.75, 3.05) is 18.9 Å². The van der Waals surface area contributed by atoms with Crippen LogP contribution in [0, 0.1) is 13.8 Å². The number of benzene rings is 1. The van der Waals surface area contributed by atoms with Crippen molar-refractivity contribution in [2.45, 2.75) is 33.6 Å². The maximum Gasteiger partial charge on any atom is 0.321 e. The molecule has 2 amide bonds. The van der Waals surface area contributed by atoms with E-state index in [9.17, 15) is 4.79 Å². The average Bonchev–Trinajstić information content (AvgIpc) is 3.16. The SMILES string of the molecule is CCc1oc2c(Cl)cc(NC(=O)N(C)CCc3noc(C)n3)cc2c1C. The lowest BCUT2D eigenvalue weighted by Crippen LogP contribution is -2.33. The van der Waals surface area contributed by atoms with E-state index in [0.717, 1.165) is 23.1 Å². The van der Waals surface area contributed by atoms with Crippen molar-refractivity contribution < 1.29 is 13.7 Å². The zero-order valence-corrected chi connectivity index (χ0v) is 16.0. The molecule has 0 bridgehead atoms. The number of nitrogens with zero attached hydrogens (tertiary/aromatic N) is 3. The minimum Gasteiger partial charge on any atom is -0.459 e. The van der Waals surface area contributed by atoms with Gasteiger partial charge in [0.1, 0.15) is 5.76 Å². The third-order valence-electron chi connectivity index (χ3n) is 4.25. The van der Waals surface area contributed by atoms with Crippen LogP contribution in [0.3, 0.4) is 0 Å². The Labute approximate surface area is 156 Å². The summed E-state index contributed by atoms with van der Waals surface area (Å²) in [6, 6.07) is 3.34. The van der Waals surface area contributed by atoms with Crippen LogP contribution in [0.5, 0.6) is 0 Å². The van der Waals surface area contributed by atoms with Gasteiger partial charge < -0.3 is 19.2 Å². The first-order chi connectivity index (χ1) is 12.4. The van der Waals surface area contributed by atoms with E-state index in [1.807, 2.05) is 19.9 Å². The van der Waals surface area contributed by atoms with Crippen molar-refractivity contribution in [2.24, 2.45) is 0 Å². The molecule has 0 atom stereocenters. The van der Waals surface area contributed by atoms with Crippen molar-refractivity contribution in [3.8, 4) is 0 Å². The molecule has 2 heterocycles. The Morgan fingerprint density at radius 2 is 2.12 bits per heavy atom. The number of carbonyl (C=O) groups is 1. The molecule has 7 nitrogen and oxygen atoms in total. The molecule has 26 heavy (non-hydrogen) atoms. The number of furan rings is 1. The largest absolute Gasteiger partial charge is 0.459 e. The first-order valence-electron chi connectivity index (χ1n) is 8.41. The van der Waals surface area contributed by atoms with Gasteiger partial charge in [0.15, 0.2) is 11.4 Å². The molecular weight excluding hydrogens is 356 g/mol. The zero-order valence-electron chi connectivity index (χ0n) is 15.2. The topological polar surface area (TPSA) is 84.4 Å². The molecule has 3 aromatic rings. The highest BCUT2D eigenvalue weighted by molar-refractivity contribution is 6.35. The number of nitrogens with one attached hydrogen (secondary N) is 1. The fourth-order valence-electron chi connectivity index (χ4n) is 2.77. The smallest absolute Gasteiger partial charge is 0.321 e. The second-order valence-electron chi connectivity index (χ2n) is 6.17. The van der Waals surface area contributed by atoms with E-state index in [2.05, 4.69) is 15.5 Å². The maximum atomic E-state index is 12.4. The van der Waals surface area contributed by atoms with Gasteiger partial charge in [-0.15, -0.1) is 0 Å². The number of carbonyl (C=O) groups excluding carboxylic acids is 1. The van der Waals surface area contributed by atoms with E-state index in [4.69, 9.17) is 20.5 Å². The highest BCUT2D eigenvalue weighted by Gasteiger charge is 2.16. The van der Waals surface area contributed by atoms with E-state index >= 15 is 0 Å². The lowest BCUT2D eigenvalue weighted by atomic mass is 10.1. The molecule has 0 radical (unpaired) electrons. The van der Waals surface area contributed by atoms with Crippen LogP contribution >= 0.6 is 11.6 Å². The van der Waals surface area contributed by atoms with Crippen LogP contribution in [0.1, 0.15) is 30.0 Å². The molecule has 1 N–H and O–H groups in total. The van der Waals surface area contributed by atoms with Gasteiger partial charge in [0.2, 0.25) is 5.89 Å². The number of likely N-dealkylation sites (N-methyl/N-ethyl adjacent to an activating group) is 1. The normalized spacial score (nSPS) is 11.1.